The summed E-state index contributed by atoms with van der Waals surface area (Å²) in [6.45, 7) is 1.71. The van der Waals surface area contributed by atoms with Crippen LogP contribution in [0, 0.1) is 12.3 Å². The van der Waals surface area contributed by atoms with E-state index in [2.05, 4.69) is 23.4 Å². The quantitative estimate of drug-likeness (QED) is 0.794. The van der Waals surface area contributed by atoms with Crippen molar-refractivity contribution >= 4 is 12.4 Å². The molecular formula is C18H20ClNO2. The maximum absolute atomic E-state index is 5.61. The second-order valence-corrected chi connectivity index (χ2v) is 4.53. The fourth-order valence-corrected chi connectivity index (χ4v) is 2.08. The zero-order valence-corrected chi connectivity index (χ0v) is 13.4. The zero-order chi connectivity index (χ0) is 14.9. The van der Waals surface area contributed by atoms with E-state index in [1.807, 2.05) is 36.4 Å². The summed E-state index contributed by atoms with van der Waals surface area (Å²) in [5.74, 6) is 3.88. The topological polar surface area (TPSA) is 30.5 Å². The van der Waals surface area contributed by atoms with Crippen molar-refractivity contribution in [1.82, 2.24) is 5.32 Å². The maximum Gasteiger partial charge on any atom is 0.167 e. The minimum Gasteiger partial charge on any atom is -0.493 e. The van der Waals surface area contributed by atoms with Crippen LogP contribution in [0.15, 0.2) is 48.5 Å². The summed E-state index contributed by atoms with van der Waals surface area (Å²) in [5, 5.41) is 3.40. The van der Waals surface area contributed by atoms with Gasteiger partial charge in [0, 0.05) is 18.7 Å². The molecule has 0 bridgehead atoms. The van der Waals surface area contributed by atoms with E-state index in [9.17, 15) is 0 Å². The molecule has 0 saturated carbocycles. The van der Waals surface area contributed by atoms with Crippen molar-refractivity contribution in [1.29, 1.82) is 0 Å². The molecule has 2 aromatic carbocycles. The molecule has 4 heteroatoms. The molecule has 0 aliphatic heterocycles. The molecule has 2 aromatic rings. The van der Waals surface area contributed by atoms with Gasteiger partial charge in [-0.2, -0.15) is 0 Å². The summed E-state index contributed by atoms with van der Waals surface area (Å²) >= 11 is 0. The third-order valence-electron chi connectivity index (χ3n) is 3.07. The summed E-state index contributed by atoms with van der Waals surface area (Å²) in [4.78, 5) is 0. The van der Waals surface area contributed by atoms with E-state index >= 15 is 0 Å². The first-order chi connectivity index (χ1) is 10.3. The lowest BCUT2D eigenvalue weighted by molar-refractivity contribution is 0.326. The number of halogens is 1. The van der Waals surface area contributed by atoms with E-state index in [-0.39, 0.29) is 19.0 Å². The average Bonchev–Trinajstić information content (AvgIpc) is 2.54. The molecule has 0 spiro atoms. The number of hydrogen-bond donors (Lipinski definition) is 1. The Kier molecular flexibility index (Phi) is 7.91. The molecule has 116 valence electrons. The van der Waals surface area contributed by atoms with Gasteiger partial charge in [0.25, 0.3) is 0 Å². The molecule has 0 aliphatic carbocycles. The smallest absolute Gasteiger partial charge is 0.167 e. The Morgan fingerprint density at radius 1 is 1.05 bits per heavy atom. The standard InChI is InChI=1S/C18H19NO2.ClH/c1-3-12-21-18-16(10-7-11-17(18)20-2)14-19-13-15-8-5-4-6-9-15;/h1,4-11,19H,12-14H2,2H3;1H. The summed E-state index contributed by atoms with van der Waals surface area (Å²) in [6.07, 6.45) is 5.26. The number of rotatable bonds is 7. The van der Waals surface area contributed by atoms with Crippen molar-refractivity contribution in [2.24, 2.45) is 0 Å². The van der Waals surface area contributed by atoms with Gasteiger partial charge in [-0.1, -0.05) is 48.4 Å². The van der Waals surface area contributed by atoms with E-state index in [0.29, 0.717) is 18.0 Å². The van der Waals surface area contributed by atoms with Crippen LogP contribution in [-0.2, 0) is 13.1 Å². The van der Waals surface area contributed by atoms with Crippen molar-refractivity contribution in [3.63, 3.8) is 0 Å². The van der Waals surface area contributed by atoms with Gasteiger partial charge in [0.1, 0.15) is 6.61 Å². The van der Waals surface area contributed by atoms with Gasteiger partial charge in [-0.25, -0.2) is 0 Å². The lowest BCUT2D eigenvalue weighted by Gasteiger charge is -2.14. The molecule has 0 fully saturated rings. The predicted molar refractivity (Wildman–Crippen MR) is 91.6 cm³/mol. The molecular weight excluding hydrogens is 298 g/mol. The van der Waals surface area contributed by atoms with Gasteiger partial charge in [-0.15, -0.1) is 18.8 Å². The van der Waals surface area contributed by atoms with Crippen molar-refractivity contribution in [2.75, 3.05) is 13.7 Å². The van der Waals surface area contributed by atoms with Crippen molar-refractivity contribution in [2.45, 2.75) is 13.1 Å². The second kappa shape index (κ2) is 9.73. The number of methoxy groups -OCH3 is 1. The van der Waals surface area contributed by atoms with Crippen molar-refractivity contribution in [3.8, 4) is 23.8 Å². The van der Waals surface area contributed by atoms with Crippen LogP contribution in [-0.4, -0.2) is 13.7 Å². The Morgan fingerprint density at radius 2 is 1.82 bits per heavy atom. The third-order valence-corrected chi connectivity index (χ3v) is 3.07. The number of benzene rings is 2. The minimum absolute atomic E-state index is 0. The largest absolute Gasteiger partial charge is 0.493 e. The Bertz CT molecular complexity index is 608. The van der Waals surface area contributed by atoms with E-state index < -0.39 is 0 Å². The Hall–Kier alpha value is -2.15. The minimum atomic E-state index is 0. The van der Waals surface area contributed by atoms with E-state index in [0.717, 1.165) is 12.1 Å². The number of ether oxygens (including phenoxy) is 2. The van der Waals surface area contributed by atoms with Crippen LogP contribution < -0.4 is 14.8 Å². The highest BCUT2D eigenvalue weighted by molar-refractivity contribution is 5.85. The highest BCUT2D eigenvalue weighted by Crippen LogP contribution is 2.31. The molecule has 0 atom stereocenters. The van der Waals surface area contributed by atoms with Crippen LogP contribution in [0.4, 0.5) is 0 Å². The van der Waals surface area contributed by atoms with Gasteiger partial charge < -0.3 is 14.8 Å². The molecule has 0 saturated heterocycles. The van der Waals surface area contributed by atoms with Gasteiger partial charge in [0.2, 0.25) is 0 Å². The fraction of sp³-hybridized carbons (Fsp3) is 0.222. The molecule has 2 rings (SSSR count). The molecule has 0 heterocycles. The lowest BCUT2D eigenvalue weighted by atomic mass is 10.1. The summed E-state index contributed by atoms with van der Waals surface area (Å²) in [5.41, 5.74) is 2.27. The third kappa shape index (κ3) is 5.00. The highest BCUT2D eigenvalue weighted by Gasteiger charge is 2.09. The van der Waals surface area contributed by atoms with Gasteiger partial charge in [0.05, 0.1) is 7.11 Å². The number of nitrogens with one attached hydrogen (secondary N) is 1. The van der Waals surface area contributed by atoms with E-state index in [1.54, 1.807) is 7.11 Å². The SMILES string of the molecule is C#CCOc1c(CNCc2ccccc2)cccc1OC.Cl. The number of terminal acetylenes is 1. The summed E-state index contributed by atoms with van der Waals surface area (Å²) in [7, 11) is 1.62. The molecule has 0 amide bonds. The number of para-hydroxylation sites is 1. The first-order valence-corrected chi connectivity index (χ1v) is 6.82. The molecule has 0 radical (unpaired) electrons. The molecule has 1 N–H and O–H groups in total. The molecule has 22 heavy (non-hydrogen) atoms. The van der Waals surface area contributed by atoms with Gasteiger partial charge >= 0.3 is 0 Å². The van der Waals surface area contributed by atoms with Crippen LogP contribution in [0.25, 0.3) is 0 Å². The summed E-state index contributed by atoms with van der Waals surface area (Å²) in [6, 6.07) is 16.1. The molecule has 0 aliphatic rings. The van der Waals surface area contributed by atoms with Crippen LogP contribution in [0.1, 0.15) is 11.1 Å². The normalized spacial score (nSPS) is 9.45. The predicted octanol–water partition coefficient (Wildman–Crippen LogP) is 3.42. The highest BCUT2D eigenvalue weighted by atomic mass is 35.5. The molecule has 0 unspecified atom stereocenters. The van der Waals surface area contributed by atoms with Crippen molar-refractivity contribution < 1.29 is 9.47 Å². The van der Waals surface area contributed by atoms with E-state index in [1.165, 1.54) is 5.56 Å². The van der Waals surface area contributed by atoms with Crippen LogP contribution in [0.3, 0.4) is 0 Å². The summed E-state index contributed by atoms with van der Waals surface area (Å²) < 4.78 is 10.9. The Balaban J connectivity index is 0.00000242. The van der Waals surface area contributed by atoms with E-state index in [4.69, 9.17) is 15.9 Å². The van der Waals surface area contributed by atoms with Crippen molar-refractivity contribution in [3.05, 3.63) is 59.7 Å². The maximum atomic E-state index is 5.61. The van der Waals surface area contributed by atoms with Gasteiger partial charge in [0.15, 0.2) is 11.5 Å². The fourth-order valence-electron chi connectivity index (χ4n) is 2.08. The first-order valence-electron chi connectivity index (χ1n) is 6.82. The Labute approximate surface area is 138 Å². The molecule has 0 aromatic heterocycles. The van der Waals surface area contributed by atoms with Crippen LogP contribution in [0.2, 0.25) is 0 Å². The second-order valence-electron chi connectivity index (χ2n) is 4.53. The van der Waals surface area contributed by atoms with Gasteiger partial charge in [-0.3, -0.25) is 0 Å². The van der Waals surface area contributed by atoms with Gasteiger partial charge in [-0.05, 0) is 11.6 Å². The monoisotopic (exact) mass is 317 g/mol. The Morgan fingerprint density at radius 3 is 2.50 bits per heavy atom. The van der Waals surface area contributed by atoms with Crippen LogP contribution >= 0.6 is 12.4 Å². The molecule has 3 nitrogen and oxygen atoms in total. The first kappa shape index (κ1) is 17.9. The number of hydrogen-bond acceptors (Lipinski definition) is 3. The zero-order valence-electron chi connectivity index (χ0n) is 12.5. The lowest BCUT2D eigenvalue weighted by Crippen LogP contribution is -2.14. The average molecular weight is 318 g/mol. The van der Waals surface area contributed by atoms with Crippen LogP contribution in [0.5, 0.6) is 11.5 Å².